The number of carboxylic acids is 1. The zero-order valence-electron chi connectivity index (χ0n) is 6.76. The van der Waals surface area contributed by atoms with Gasteiger partial charge in [0.05, 0.1) is 4.47 Å². The molecule has 0 fully saturated rings. The van der Waals surface area contributed by atoms with Crippen LogP contribution in [0, 0.1) is 11.6 Å². The molecular formula is C8H5BrF2O3. The summed E-state index contributed by atoms with van der Waals surface area (Å²) < 4.78 is 30.3. The third-order valence-corrected chi connectivity index (χ3v) is 1.93. The Morgan fingerprint density at radius 2 is 2.07 bits per heavy atom. The summed E-state index contributed by atoms with van der Waals surface area (Å²) >= 11 is 2.77. The number of hydrogen-bond donors (Lipinski definition) is 1. The van der Waals surface area contributed by atoms with Crippen molar-refractivity contribution in [2.24, 2.45) is 0 Å². The van der Waals surface area contributed by atoms with Gasteiger partial charge >= 0.3 is 5.97 Å². The molecule has 76 valence electrons. The van der Waals surface area contributed by atoms with Gasteiger partial charge in [0.2, 0.25) is 0 Å². The second-order valence-corrected chi connectivity index (χ2v) is 3.23. The Morgan fingerprint density at radius 3 is 2.64 bits per heavy atom. The van der Waals surface area contributed by atoms with E-state index in [2.05, 4.69) is 20.7 Å². The molecule has 14 heavy (non-hydrogen) atoms. The van der Waals surface area contributed by atoms with Gasteiger partial charge in [-0.15, -0.1) is 0 Å². The fourth-order valence-corrected chi connectivity index (χ4v) is 1.07. The maximum absolute atomic E-state index is 13.0. The van der Waals surface area contributed by atoms with Crippen LogP contribution in [0.4, 0.5) is 8.78 Å². The molecule has 0 saturated carbocycles. The van der Waals surface area contributed by atoms with Crippen LogP contribution < -0.4 is 4.74 Å². The summed E-state index contributed by atoms with van der Waals surface area (Å²) in [6, 6.07) is 1.65. The van der Waals surface area contributed by atoms with E-state index in [1.165, 1.54) is 0 Å². The molecule has 0 aliphatic heterocycles. The minimum Gasteiger partial charge on any atom is -0.479 e. The number of carboxylic acid groups (broad SMARTS) is 1. The lowest BCUT2D eigenvalue weighted by atomic mass is 10.3. The predicted octanol–water partition coefficient (Wildman–Crippen LogP) is 2.19. The van der Waals surface area contributed by atoms with Crippen LogP contribution in [-0.2, 0) is 4.79 Å². The molecule has 0 amide bonds. The standard InChI is InChI=1S/C8H5BrF2O3/c9-4-1-6(11)7(2-5(4)10)14-3-8(12)13/h1-2H,3H2,(H,12,13). The van der Waals surface area contributed by atoms with Crippen LogP contribution in [0.2, 0.25) is 0 Å². The average Bonchev–Trinajstić information content (AvgIpc) is 2.09. The van der Waals surface area contributed by atoms with Crippen molar-refractivity contribution in [1.29, 1.82) is 0 Å². The van der Waals surface area contributed by atoms with Crippen molar-refractivity contribution in [3.63, 3.8) is 0 Å². The highest BCUT2D eigenvalue weighted by molar-refractivity contribution is 9.10. The van der Waals surface area contributed by atoms with Gasteiger partial charge in [-0.1, -0.05) is 0 Å². The third-order valence-electron chi connectivity index (χ3n) is 1.33. The van der Waals surface area contributed by atoms with E-state index in [9.17, 15) is 13.6 Å². The number of halogens is 3. The highest BCUT2D eigenvalue weighted by Gasteiger charge is 2.10. The Morgan fingerprint density at radius 1 is 1.43 bits per heavy atom. The molecule has 3 nitrogen and oxygen atoms in total. The van der Waals surface area contributed by atoms with Crippen LogP contribution in [-0.4, -0.2) is 17.7 Å². The Balaban J connectivity index is 2.87. The molecule has 0 aliphatic carbocycles. The van der Waals surface area contributed by atoms with Gasteiger partial charge in [-0.2, -0.15) is 0 Å². The monoisotopic (exact) mass is 266 g/mol. The van der Waals surface area contributed by atoms with E-state index < -0.39 is 30.0 Å². The van der Waals surface area contributed by atoms with E-state index in [4.69, 9.17) is 5.11 Å². The van der Waals surface area contributed by atoms with Crippen molar-refractivity contribution in [3.8, 4) is 5.75 Å². The molecule has 0 radical (unpaired) electrons. The van der Waals surface area contributed by atoms with Gasteiger partial charge in [0.15, 0.2) is 18.2 Å². The quantitative estimate of drug-likeness (QED) is 0.854. The molecule has 0 atom stereocenters. The first-order valence-corrected chi connectivity index (χ1v) is 4.29. The molecule has 0 aromatic heterocycles. The fraction of sp³-hybridized carbons (Fsp3) is 0.125. The number of ether oxygens (including phenoxy) is 1. The van der Waals surface area contributed by atoms with Crippen LogP contribution in [0.1, 0.15) is 0 Å². The first-order valence-electron chi connectivity index (χ1n) is 3.50. The number of benzene rings is 1. The van der Waals surface area contributed by atoms with Crippen LogP contribution in [0.5, 0.6) is 5.75 Å². The highest BCUT2D eigenvalue weighted by atomic mass is 79.9. The molecule has 1 aromatic carbocycles. The largest absolute Gasteiger partial charge is 0.479 e. The first kappa shape index (κ1) is 10.9. The van der Waals surface area contributed by atoms with Gasteiger partial charge in [-0.05, 0) is 22.0 Å². The van der Waals surface area contributed by atoms with Gasteiger partial charge in [-0.25, -0.2) is 13.6 Å². The van der Waals surface area contributed by atoms with Gasteiger partial charge in [0.25, 0.3) is 0 Å². The molecule has 0 bridgehead atoms. The fourth-order valence-electron chi connectivity index (χ4n) is 0.754. The summed E-state index contributed by atoms with van der Waals surface area (Å²) in [6.07, 6.45) is 0. The SMILES string of the molecule is O=C(O)COc1cc(F)c(Br)cc1F. The minimum atomic E-state index is -1.26. The van der Waals surface area contributed by atoms with Gasteiger partial charge < -0.3 is 9.84 Å². The van der Waals surface area contributed by atoms with E-state index in [1.807, 2.05) is 0 Å². The first-order chi connectivity index (χ1) is 6.50. The molecular weight excluding hydrogens is 262 g/mol. The smallest absolute Gasteiger partial charge is 0.341 e. The second-order valence-electron chi connectivity index (χ2n) is 2.38. The summed E-state index contributed by atoms with van der Waals surface area (Å²) in [5.41, 5.74) is 0. The second kappa shape index (κ2) is 4.36. The predicted molar refractivity (Wildman–Crippen MR) is 47.2 cm³/mol. The highest BCUT2D eigenvalue weighted by Crippen LogP contribution is 2.24. The van der Waals surface area contributed by atoms with Crippen LogP contribution in [0.25, 0.3) is 0 Å². The summed E-state index contributed by atoms with van der Waals surface area (Å²) in [5.74, 6) is -3.22. The van der Waals surface area contributed by atoms with E-state index in [0.717, 1.165) is 12.1 Å². The van der Waals surface area contributed by atoms with Gasteiger partial charge in [0.1, 0.15) is 5.82 Å². The van der Waals surface area contributed by atoms with E-state index in [0.29, 0.717) is 0 Å². The Bertz CT molecular complexity index is 368. The number of rotatable bonds is 3. The van der Waals surface area contributed by atoms with Crippen molar-refractivity contribution >= 4 is 21.9 Å². The zero-order chi connectivity index (χ0) is 10.7. The van der Waals surface area contributed by atoms with Crippen molar-refractivity contribution < 1.29 is 23.4 Å². The van der Waals surface area contributed by atoms with E-state index in [1.54, 1.807) is 0 Å². The maximum Gasteiger partial charge on any atom is 0.341 e. The molecule has 0 unspecified atom stereocenters. The van der Waals surface area contributed by atoms with Crippen molar-refractivity contribution in [1.82, 2.24) is 0 Å². The van der Waals surface area contributed by atoms with E-state index >= 15 is 0 Å². The van der Waals surface area contributed by atoms with Gasteiger partial charge in [0, 0.05) is 6.07 Å². The topological polar surface area (TPSA) is 46.5 Å². The lowest BCUT2D eigenvalue weighted by Gasteiger charge is -2.05. The summed E-state index contributed by atoms with van der Waals surface area (Å²) in [7, 11) is 0. The van der Waals surface area contributed by atoms with Gasteiger partial charge in [-0.3, -0.25) is 0 Å². The zero-order valence-corrected chi connectivity index (χ0v) is 8.35. The Labute approximate surface area is 86.4 Å². The number of carbonyl (C=O) groups is 1. The van der Waals surface area contributed by atoms with Crippen LogP contribution in [0.15, 0.2) is 16.6 Å². The normalized spacial score (nSPS) is 9.93. The molecule has 1 aromatic rings. The average molecular weight is 267 g/mol. The molecule has 1 N–H and O–H groups in total. The lowest BCUT2D eigenvalue weighted by Crippen LogP contribution is -2.10. The molecule has 1 rings (SSSR count). The summed E-state index contributed by atoms with van der Waals surface area (Å²) in [5, 5.41) is 8.24. The number of hydrogen-bond acceptors (Lipinski definition) is 2. The minimum absolute atomic E-state index is 0.0438. The molecule has 0 heterocycles. The summed E-state index contributed by atoms with van der Waals surface area (Å²) in [6.45, 7) is -0.710. The maximum atomic E-state index is 13.0. The van der Waals surface area contributed by atoms with E-state index in [-0.39, 0.29) is 4.47 Å². The molecule has 6 heteroatoms. The van der Waals surface area contributed by atoms with Crippen molar-refractivity contribution in [3.05, 3.63) is 28.2 Å². The van der Waals surface area contributed by atoms with Crippen LogP contribution in [0.3, 0.4) is 0 Å². The molecule has 0 aliphatic rings. The summed E-state index contributed by atoms with van der Waals surface area (Å²) in [4.78, 5) is 10.1. The van der Waals surface area contributed by atoms with Crippen molar-refractivity contribution in [2.45, 2.75) is 0 Å². The molecule has 0 saturated heterocycles. The lowest BCUT2D eigenvalue weighted by molar-refractivity contribution is -0.139. The Hall–Kier alpha value is -1.17. The molecule has 0 spiro atoms. The Kier molecular flexibility index (Phi) is 3.40. The van der Waals surface area contributed by atoms with Crippen LogP contribution >= 0.6 is 15.9 Å². The third kappa shape index (κ3) is 2.66. The number of aliphatic carboxylic acids is 1. The van der Waals surface area contributed by atoms with Crippen molar-refractivity contribution in [2.75, 3.05) is 6.61 Å².